The Morgan fingerprint density at radius 3 is 2.96 bits per heavy atom. The molecule has 0 fully saturated rings. The van der Waals surface area contributed by atoms with E-state index in [0.29, 0.717) is 32.2 Å². The SMILES string of the molecule is O=C(CCC1=NNC(=O)CC1)NCc1cccc(-n2cccn2)c1. The van der Waals surface area contributed by atoms with E-state index in [1.54, 1.807) is 10.9 Å². The molecule has 1 aliphatic rings. The van der Waals surface area contributed by atoms with E-state index in [2.05, 4.69) is 20.9 Å². The Morgan fingerprint density at radius 2 is 2.21 bits per heavy atom. The number of carbonyl (C=O) groups excluding carboxylic acids is 2. The highest BCUT2D eigenvalue weighted by molar-refractivity contribution is 5.94. The van der Waals surface area contributed by atoms with Gasteiger partial charge in [0.25, 0.3) is 0 Å². The molecule has 1 aromatic heterocycles. The van der Waals surface area contributed by atoms with Crippen LogP contribution in [0.2, 0.25) is 0 Å². The molecule has 2 heterocycles. The highest BCUT2D eigenvalue weighted by atomic mass is 16.2. The van der Waals surface area contributed by atoms with Crippen LogP contribution in [0, 0.1) is 0 Å². The molecule has 2 aromatic rings. The first-order chi connectivity index (χ1) is 11.7. The zero-order chi connectivity index (χ0) is 16.8. The van der Waals surface area contributed by atoms with Crippen molar-refractivity contribution in [2.45, 2.75) is 32.2 Å². The van der Waals surface area contributed by atoms with Crippen LogP contribution in [-0.2, 0) is 16.1 Å². The number of hydrogen-bond acceptors (Lipinski definition) is 4. The zero-order valence-corrected chi connectivity index (χ0v) is 13.2. The maximum Gasteiger partial charge on any atom is 0.240 e. The highest BCUT2D eigenvalue weighted by Crippen LogP contribution is 2.10. The lowest BCUT2D eigenvalue weighted by molar-refractivity contribution is -0.121. The van der Waals surface area contributed by atoms with Gasteiger partial charge in [0.05, 0.1) is 5.69 Å². The Balaban J connectivity index is 1.48. The third kappa shape index (κ3) is 4.28. The number of nitrogens with zero attached hydrogens (tertiary/aromatic N) is 3. The smallest absolute Gasteiger partial charge is 0.240 e. The summed E-state index contributed by atoms with van der Waals surface area (Å²) in [7, 11) is 0. The molecule has 3 rings (SSSR count). The fraction of sp³-hybridized carbons (Fsp3) is 0.294. The van der Waals surface area contributed by atoms with Gasteiger partial charge in [0.2, 0.25) is 11.8 Å². The summed E-state index contributed by atoms with van der Waals surface area (Å²) in [5.74, 6) is -0.0978. The van der Waals surface area contributed by atoms with Crippen molar-refractivity contribution in [1.82, 2.24) is 20.5 Å². The predicted octanol–water partition coefficient (Wildman–Crippen LogP) is 1.53. The molecule has 2 amide bonds. The lowest BCUT2D eigenvalue weighted by Crippen LogP contribution is -2.27. The predicted molar refractivity (Wildman–Crippen MR) is 89.5 cm³/mol. The summed E-state index contributed by atoms with van der Waals surface area (Å²) in [6, 6.07) is 9.73. The molecule has 7 heteroatoms. The molecule has 7 nitrogen and oxygen atoms in total. The molecule has 1 aliphatic heterocycles. The molecule has 0 radical (unpaired) electrons. The van der Waals surface area contributed by atoms with E-state index in [9.17, 15) is 9.59 Å². The number of amides is 2. The van der Waals surface area contributed by atoms with Crippen LogP contribution in [0.4, 0.5) is 0 Å². The maximum atomic E-state index is 12.0. The number of nitrogens with one attached hydrogen (secondary N) is 2. The zero-order valence-electron chi connectivity index (χ0n) is 13.2. The van der Waals surface area contributed by atoms with Gasteiger partial charge in [-0.15, -0.1) is 0 Å². The van der Waals surface area contributed by atoms with Gasteiger partial charge < -0.3 is 5.32 Å². The van der Waals surface area contributed by atoms with Crippen LogP contribution in [0.5, 0.6) is 0 Å². The van der Waals surface area contributed by atoms with Crippen LogP contribution in [0.25, 0.3) is 5.69 Å². The summed E-state index contributed by atoms with van der Waals surface area (Å²) >= 11 is 0. The number of rotatable bonds is 6. The number of benzene rings is 1. The second-order valence-electron chi connectivity index (χ2n) is 5.61. The van der Waals surface area contributed by atoms with Crippen molar-refractivity contribution < 1.29 is 9.59 Å². The minimum Gasteiger partial charge on any atom is -0.352 e. The van der Waals surface area contributed by atoms with Crippen LogP contribution >= 0.6 is 0 Å². The lowest BCUT2D eigenvalue weighted by Gasteiger charge is -2.12. The first-order valence-electron chi connectivity index (χ1n) is 7.90. The Kier molecular flexibility index (Phi) is 5.00. The second kappa shape index (κ2) is 7.54. The number of carbonyl (C=O) groups is 2. The Labute approximate surface area is 139 Å². The van der Waals surface area contributed by atoms with Crippen molar-refractivity contribution in [3.05, 3.63) is 48.3 Å². The Hall–Kier alpha value is -2.96. The minimum absolute atomic E-state index is 0.0286. The van der Waals surface area contributed by atoms with Gasteiger partial charge in [-0.3, -0.25) is 9.59 Å². The van der Waals surface area contributed by atoms with Crippen LogP contribution in [0.15, 0.2) is 47.8 Å². The largest absolute Gasteiger partial charge is 0.352 e. The van der Waals surface area contributed by atoms with Gasteiger partial charge in [-0.25, -0.2) is 10.1 Å². The summed E-state index contributed by atoms with van der Waals surface area (Å²) < 4.78 is 1.78. The molecule has 0 saturated carbocycles. The van der Waals surface area contributed by atoms with Gasteiger partial charge in [-0.1, -0.05) is 12.1 Å². The maximum absolute atomic E-state index is 12.0. The van der Waals surface area contributed by atoms with Crippen molar-refractivity contribution in [3.63, 3.8) is 0 Å². The van der Waals surface area contributed by atoms with Crippen LogP contribution < -0.4 is 10.7 Å². The number of hydrogen-bond donors (Lipinski definition) is 2. The second-order valence-corrected chi connectivity index (χ2v) is 5.61. The van der Waals surface area contributed by atoms with Gasteiger partial charge in [0.1, 0.15) is 0 Å². The average molecular weight is 325 g/mol. The van der Waals surface area contributed by atoms with Crippen molar-refractivity contribution in [1.29, 1.82) is 0 Å². The molecule has 124 valence electrons. The number of aromatic nitrogens is 2. The first-order valence-corrected chi connectivity index (χ1v) is 7.90. The fourth-order valence-electron chi connectivity index (χ4n) is 2.47. The van der Waals surface area contributed by atoms with E-state index < -0.39 is 0 Å². The minimum atomic E-state index is -0.0692. The quantitative estimate of drug-likeness (QED) is 0.844. The highest BCUT2D eigenvalue weighted by Gasteiger charge is 2.12. The molecule has 1 aromatic carbocycles. The van der Waals surface area contributed by atoms with E-state index in [-0.39, 0.29) is 11.8 Å². The molecular weight excluding hydrogens is 306 g/mol. The summed E-state index contributed by atoms with van der Waals surface area (Å²) in [6.45, 7) is 0.469. The van der Waals surface area contributed by atoms with Crippen molar-refractivity contribution >= 4 is 17.5 Å². The Morgan fingerprint density at radius 1 is 1.29 bits per heavy atom. The van der Waals surface area contributed by atoms with E-state index in [1.165, 1.54) is 0 Å². The Bertz CT molecular complexity index is 752. The topological polar surface area (TPSA) is 88.4 Å². The third-order valence-electron chi connectivity index (χ3n) is 3.79. The number of hydrazone groups is 1. The van der Waals surface area contributed by atoms with Gasteiger partial charge >= 0.3 is 0 Å². The van der Waals surface area contributed by atoms with E-state index in [0.717, 1.165) is 17.0 Å². The summed E-state index contributed by atoms with van der Waals surface area (Å²) in [5, 5.41) is 11.1. The van der Waals surface area contributed by atoms with E-state index in [4.69, 9.17) is 0 Å². The van der Waals surface area contributed by atoms with Gasteiger partial charge in [0, 0.05) is 37.5 Å². The molecule has 0 aliphatic carbocycles. The molecule has 0 unspecified atom stereocenters. The molecule has 0 spiro atoms. The molecule has 0 bridgehead atoms. The van der Waals surface area contributed by atoms with Crippen LogP contribution in [0.1, 0.15) is 31.2 Å². The van der Waals surface area contributed by atoms with Crippen molar-refractivity contribution in [2.24, 2.45) is 5.10 Å². The monoisotopic (exact) mass is 325 g/mol. The summed E-state index contributed by atoms with van der Waals surface area (Å²) in [6.07, 6.45) is 5.62. The van der Waals surface area contributed by atoms with Crippen LogP contribution in [0.3, 0.4) is 0 Å². The average Bonchev–Trinajstić information content (AvgIpc) is 3.14. The fourth-order valence-corrected chi connectivity index (χ4v) is 2.47. The van der Waals surface area contributed by atoms with Gasteiger partial charge in [-0.05, 0) is 36.6 Å². The molecular formula is C17H19N5O2. The normalized spacial score (nSPS) is 14.0. The van der Waals surface area contributed by atoms with Gasteiger partial charge in [-0.2, -0.15) is 10.2 Å². The van der Waals surface area contributed by atoms with E-state index >= 15 is 0 Å². The van der Waals surface area contributed by atoms with E-state index in [1.807, 2.05) is 36.5 Å². The molecule has 0 atom stereocenters. The van der Waals surface area contributed by atoms with Crippen molar-refractivity contribution in [2.75, 3.05) is 0 Å². The molecule has 0 saturated heterocycles. The standard InChI is InChI=1S/C17H19N5O2/c23-16(7-5-14-6-8-17(24)21-20-14)18-12-13-3-1-4-15(11-13)22-10-2-9-19-22/h1-4,9-11H,5-8,12H2,(H,18,23)(H,21,24). The lowest BCUT2D eigenvalue weighted by atomic mass is 10.1. The summed E-state index contributed by atoms with van der Waals surface area (Å²) in [4.78, 5) is 23.0. The van der Waals surface area contributed by atoms with Gasteiger partial charge in [0.15, 0.2) is 0 Å². The molecule has 24 heavy (non-hydrogen) atoms. The summed E-state index contributed by atoms with van der Waals surface area (Å²) in [5.41, 5.74) is 5.28. The third-order valence-corrected chi connectivity index (χ3v) is 3.79. The van der Waals surface area contributed by atoms with Crippen LogP contribution in [-0.4, -0.2) is 27.3 Å². The molecule has 2 N–H and O–H groups in total. The first kappa shape index (κ1) is 15.9. The van der Waals surface area contributed by atoms with Crippen molar-refractivity contribution in [3.8, 4) is 5.69 Å².